The highest BCUT2D eigenvalue weighted by Gasteiger charge is 2.65. The van der Waals surface area contributed by atoms with Crippen molar-refractivity contribution in [3.05, 3.63) is 136 Å². The predicted molar refractivity (Wildman–Crippen MR) is 239 cm³/mol. The van der Waals surface area contributed by atoms with Crippen LogP contribution in [0.4, 0.5) is 10.5 Å². The van der Waals surface area contributed by atoms with Gasteiger partial charge in [-0.25, -0.2) is 4.79 Å². The van der Waals surface area contributed by atoms with Gasteiger partial charge in [0.05, 0.1) is 23.2 Å². The second kappa shape index (κ2) is 20.4. The summed E-state index contributed by atoms with van der Waals surface area (Å²) in [6, 6.07) is 24.2. The summed E-state index contributed by atoms with van der Waals surface area (Å²) in [5.74, 6) is -1.84. The maximum absolute atomic E-state index is 14.9. The average Bonchev–Trinajstić information content (AvgIpc) is 3.29. The molecule has 1 aliphatic heterocycles. The van der Waals surface area contributed by atoms with Crippen molar-refractivity contribution in [3.8, 4) is 11.5 Å². The zero-order valence-electron chi connectivity index (χ0n) is 35.8. The smallest absolute Gasteiger partial charge is 0.412 e. The van der Waals surface area contributed by atoms with Crippen LogP contribution in [0.15, 0.2) is 114 Å². The number of rotatable bonds is 19. The molecule has 1 saturated carbocycles. The lowest BCUT2D eigenvalue weighted by Gasteiger charge is -2.59. The Morgan fingerprint density at radius 2 is 1.75 bits per heavy atom. The molecule has 14 heteroatoms. The Labute approximate surface area is 367 Å². The number of nitrogens with one attached hydrogen (secondary N) is 1. The zero-order chi connectivity index (χ0) is 44.5. The van der Waals surface area contributed by atoms with Crippen LogP contribution in [-0.2, 0) is 16.2 Å². The number of hydrogen-bond acceptors (Lipinski definition) is 11. The molecule has 7 rings (SSSR count). The molecule has 332 valence electrons. The van der Waals surface area contributed by atoms with Gasteiger partial charge in [-0.2, -0.15) is 0 Å². The van der Waals surface area contributed by atoms with E-state index in [1.807, 2.05) is 55.5 Å². The molecule has 14 nitrogen and oxygen atoms in total. The second-order valence-electron chi connectivity index (χ2n) is 16.4. The van der Waals surface area contributed by atoms with Crippen LogP contribution in [0.3, 0.4) is 0 Å². The van der Waals surface area contributed by atoms with Gasteiger partial charge in [0.15, 0.2) is 0 Å². The number of unbranched alkanes of at least 4 members (excludes halogenated alkanes) is 2. The van der Waals surface area contributed by atoms with Gasteiger partial charge in [-0.3, -0.25) is 14.9 Å². The number of nitro benzene ring substituents is 1. The van der Waals surface area contributed by atoms with Crippen LogP contribution in [0.1, 0.15) is 79.3 Å². The number of fused-ring (bicyclic) bond motifs is 3. The van der Waals surface area contributed by atoms with Crippen molar-refractivity contribution in [2.45, 2.75) is 76.2 Å². The van der Waals surface area contributed by atoms with Gasteiger partial charge >= 0.3 is 6.09 Å². The third-order valence-electron chi connectivity index (χ3n) is 12.5. The van der Waals surface area contributed by atoms with Crippen LogP contribution in [0.25, 0.3) is 10.8 Å². The Morgan fingerprint density at radius 3 is 2.46 bits per heavy atom. The molecule has 4 aromatic rings. The van der Waals surface area contributed by atoms with Crippen molar-refractivity contribution >= 4 is 34.2 Å². The van der Waals surface area contributed by atoms with Gasteiger partial charge in [0, 0.05) is 62.4 Å². The summed E-state index contributed by atoms with van der Waals surface area (Å²) >= 11 is 0. The third-order valence-corrected chi connectivity index (χ3v) is 12.5. The van der Waals surface area contributed by atoms with E-state index in [1.54, 1.807) is 42.3 Å². The fourth-order valence-electron chi connectivity index (χ4n) is 9.64. The molecule has 0 spiro atoms. The summed E-state index contributed by atoms with van der Waals surface area (Å²) in [5, 5.41) is 40.6. The maximum atomic E-state index is 14.9. The largest absolute Gasteiger partial charge is 0.459 e. The van der Waals surface area contributed by atoms with E-state index in [4.69, 9.17) is 24.2 Å². The van der Waals surface area contributed by atoms with E-state index in [-0.39, 0.29) is 62.2 Å². The molecule has 0 bridgehead atoms. The lowest BCUT2D eigenvalue weighted by Crippen LogP contribution is -2.69. The number of nitro groups is 1. The molecule has 1 heterocycles. The SMILES string of the molecule is C=CCO[C@@]12Oc3ccc(OC(=O)NCC)cc3[C@H]3[C@H](CCCCO)[C@@H](CCCCO)C=C(C(=NOCc4ccc([N+](=O)[O-])cc4)C[C@@H]1N(C)C(=O)c1ccc4ccccc4c1)[C@H]32. The van der Waals surface area contributed by atoms with Gasteiger partial charge in [0.1, 0.15) is 24.1 Å². The number of ether oxygens (including phenoxy) is 3. The van der Waals surface area contributed by atoms with Gasteiger partial charge in [-0.1, -0.05) is 60.5 Å². The molecule has 3 N–H and O–H groups in total. The molecule has 0 aromatic heterocycles. The van der Waals surface area contributed by atoms with Crippen LogP contribution < -0.4 is 14.8 Å². The quantitative estimate of drug-likeness (QED) is 0.0358. The van der Waals surface area contributed by atoms with E-state index in [0.29, 0.717) is 47.7 Å². The molecular weight excluding hydrogens is 805 g/mol. The van der Waals surface area contributed by atoms with E-state index in [9.17, 15) is 29.9 Å². The van der Waals surface area contributed by atoms with Gasteiger partial charge in [0.25, 0.3) is 11.6 Å². The topological polar surface area (TPSA) is 182 Å². The summed E-state index contributed by atoms with van der Waals surface area (Å²) in [7, 11) is 1.75. The highest BCUT2D eigenvalue weighted by atomic mass is 16.7. The van der Waals surface area contributed by atoms with Crippen molar-refractivity contribution in [1.29, 1.82) is 0 Å². The van der Waals surface area contributed by atoms with Crippen LogP contribution in [0, 0.1) is 27.9 Å². The number of allylic oxidation sites excluding steroid dienone is 1. The molecular formula is C49H56N4O10. The van der Waals surface area contributed by atoms with E-state index in [2.05, 4.69) is 18.0 Å². The Balaban J connectivity index is 1.41. The Bertz CT molecular complexity index is 2350. The van der Waals surface area contributed by atoms with Gasteiger partial charge in [0.2, 0.25) is 5.79 Å². The lowest BCUT2D eigenvalue weighted by atomic mass is 9.55. The normalized spacial score (nSPS) is 22.8. The third kappa shape index (κ3) is 9.63. The standard InChI is InChI=1S/C49H56N4O10/c1-4-26-60-49-44(52(3)47(56)36-19-18-33-12-6-7-13-34(33)27-36)30-42(51-61-31-32-16-20-37(21-17-32)53(58)59)40-28-35(14-8-10-24-54)39(15-9-11-25-55)45(46(40)49)41-29-38(22-23-43(41)63-49)62-48(57)50-5-2/h4,6-7,12-13,16-23,27-29,35,39,44-46,54-55H,1,5,8-11,14-15,24-26,30-31H2,2-3H3,(H,50,57)/t35-,39+,44-,45+,46+,49+/m0/s1. The molecule has 3 aliphatic rings. The van der Waals surface area contributed by atoms with Crippen LogP contribution in [-0.4, -0.2) is 83.0 Å². The molecule has 63 heavy (non-hydrogen) atoms. The van der Waals surface area contributed by atoms with Crippen molar-refractivity contribution in [3.63, 3.8) is 0 Å². The number of amides is 2. The minimum atomic E-state index is -1.48. The molecule has 1 fully saturated rings. The fraction of sp³-hybridized carbons (Fsp3) is 0.408. The highest BCUT2D eigenvalue weighted by molar-refractivity contribution is 6.04. The second-order valence-corrected chi connectivity index (χ2v) is 16.4. The lowest BCUT2D eigenvalue weighted by molar-refractivity contribution is -0.384. The van der Waals surface area contributed by atoms with Gasteiger partial charge in [-0.05, 0) is 109 Å². The van der Waals surface area contributed by atoms with Crippen molar-refractivity contribution < 1.29 is 43.8 Å². The van der Waals surface area contributed by atoms with Crippen LogP contribution in [0.5, 0.6) is 11.5 Å². The minimum Gasteiger partial charge on any atom is -0.459 e. The van der Waals surface area contributed by atoms with E-state index in [0.717, 1.165) is 47.6 Å². The number of benzene rings is 4. The molecule has 0 unspecified atom stereocenters. The maximum Gasteiger partial charge on any atom is 0.412 e. The fourth-order valence-corrected chi connectivity index (χ4v) is 9.64. The minimum absolute atomic E-state index is 0.0177. The number of nitrogens with zero attached hydrogens (tertiary/aromatic N) is 3. The van der Waals surface area contributed by atoms with E-state index < -0.39 is 28.8 Å². The molecule has 0 saturated heterocycles. The predicted octanol–water partition coefficient (Wildman–Crippen LogP) is 8.46. The summed E-state index contributed by atoms with van der Waals surface area (Å²) < 4.78 is 20.0. The first kappa shape index (κ1) is 44.9. The number of carbonyl (C=O) groups excluding carboxylic acids is 2. The Morgan fingerprint density at radius 1 is 1.00 bits per heavy atom. The molecule has 0 radical (unpaired) electrons. The summed E-state index contributed by atoms with van der Waals surface area (Å²) in [6.45, 7) is 6.42. The van der Waals surface area contributed by atoms with Crippen molar-refractivity contribution in [2.24, 2.45) is 22.9 Å². The highest BCUT2D eigenvalue weighted by Crippen LogP contribution is 2.62. The first-order valence-electron chi connectivity index (χ1n) is 21.8. The van der Waals surface area contributed by atoms with Crippen molar-refractivity contribution in [1.82, 2.24) is 10.2 Å². The number of hydrogen-bond donors (Lipinski definition) is 3. The number of non-ortho nitro benzene ring substituents is 1. The van der Waals surface area contributed by atoms with E-state index in [1.165, 1.54) is 12.1 Å². The average molecular weight is 861 g/mol. The Hall–Kier alpha value is -6.09. The monoisotopic (exact) mass is 860 g/mol. The summed E-state index contributed by atoms with van der Waals surface area (Å²) in [6.07, 6.45) is 7.69. The molecule has 6 atom stereocenters. The van der Waals surface area contributed by atoms with Crippen molar-refractivity contribution in [2.75, 3.05) is 33.4 Å². The van der Waals surface area contributed by atoms with Gasteiger partial charge in [-0.15, -0.1) is 6.58 Å². The number of carbonyl (C=O) groups is 2. The van der Waals surface area contributed by atoms with Crippen LogP contribution >= 0.6 is 0 Å². The number of oxime groups is 1. The number of likely N-dealkylation sites (N-methyl/N-ethyl adjacent to an activating group) is 1. The summed E-state index contributed by atoms with van der Waals surface area (Å²) in [5.41, 5.74) is 3.37. The first-order chi connectivity index (χ1) is 30.6. The number of aliphatic hydroxyl groups is 2. The summed E-state index contributed by atoms with van der Waals surface area (Å²) in [4.78, 5) is 46.3. The zero-order valence-corrected chi connectivity index (χ0v) is 35.8. The van der Waals surface area contributed by atoms with Crippen LogP contribution in [0.2, 0.25) is 0 Å². The molecule has 4 aromatic carbocycles. The molecule has 2 aliphatic carbocycles. The Kier molecular flexibility index (Phi) is 14.6. The number of aliphatic hydroxyl groups excluding tert-OH is 2. The van der Waals surface area contributed by atoms with Gasteiger partial charge < -0.3 is 39.5 Å². The first-order valence-corrected chi connectivity index (χ1v) is 21.8. The van der Waals surface area contributed by atoms with E-state index >= 15 is 0 Å². The molecule has 2 amide bonds.